The summed E-state index contributed by atoms with van der Waals surface area (Å²) in [5.74, 6) is 0. The summed E-state index contributed by atoms with van der Waals surface area (Å²) in [6.07, 6.45) is 8.08. The first kappa shape index (κ1) is 20.4. The van der Waals surface area contributed by atoms with Crippen LogP contribution in [0.3, 0.4) is 0 Å². The van der Waals surface area contributed by atoms with Crippen molar-refractivity contribution < 1.29 is 4.39 Å². The SMILES string of the molecule is C=C(Nc1cc2c(cc1C)CC(C)(CCC)C=C2)c1ccccc1C(C)(C)F. The van der Waals surface area contributed by atoms with Gasteiger partial charge in [-0.15, -0.1) is 0 Å². The summed E-state index contributed by atoms with van der Waals surface area (Å²) in [4.78, 5) is 0. The smallest absolute Gasteiger partial charge is 0.131 e. The zero-order valence-corrected chi connectivity index (χ0v) is 17.8. The lowest BCUT2D eigenvalue weighted by Crippen LogP contribution is -2.20. The van der Waals surface area contributed by atoms with Gasteiger partial charge in [0.25, 0.3) is 0 Å². The van der Waals surface area contributed by atoms with E-state index in [1.807, 2.05) is 24.3 Å². The lowest BCUT2D eigenvalue weighted by atomic mass is 9.74. The minimum Gasteiger partial charge on any atom is -0.355 e. The number of nitrogens with one attached hydrogen (secondary N) is 1. The number of rotatable bonds is 6. The molecule has 3 rings (SSSR count). The molecule has 0 fully saturated rings. The molecule has 0 saturated heterocycles. The van der Waals surface area contributed by atoms with E-state index >= 15 is 0 Å². The van der Waals surface area contributed by atoms with Gasteiger partial charge >= 0.3 is 0 Å². The summed E-state index contributed by atoms with van der Waals surface area (Å²) in [6, 6.07) is 12.0. The van der Waals surface area contributed by atoms with Crippen molar-refractivity contribution in [1.82, 2.24) is 0 Å². The van der Waals surface area contributed by atoms with Gasteiger partial charge in [0.2, 0.25) is 0 Å². The molecule has 2 aromatic carbocycles. The van der Waals surface area contributed by atoms with Crippen molar-refractivity contribution in [3.05, 3.63) is 76.9 Å². The molecule has 0 bridgehead atoms. The largest absolute Gasteiger partial charge is 0.355 e. The average Bonchev–Trinajstić information content (AvgIpc) is 2.62. The quantitative estimate of drug-likeness (QED) is 0.545. The second kappa shape index (κ2) is 7.58. The zero-order valence-electron chi connectivity index (χ0n) is 17.8. The molecule has 0 radical (unpaired) electrons. The fourth-order valence-corrected chi connectivity index (χ4v) is 4.25. The number of alkyl halides is 1. The fraction of sp³-hybridized carbons (Fsp3) is 0.385. The van der Waals surface area contributed by atoms with Gasteiger partial charge < -0.3 is 5.32 Å². The van der Waals surface area contributed by atoms with Crippen LogP contribution >= 0.6 is 0 Å². The molecule has 1 nitrogen and oxygen atoms in total. The highest BCUT2D eigenvalue weighted by Crippen LogP contribution is 2.38. The molecule has 0 heterocycles. The highest BCUT2D eigenvalue weighted by molar-refractivity contribution is 5.80. The van der Waals surface area contributed by atoms with Crippen molar-refractivity contribution in [2.24, 2.45) is 5.41 Å². The second-order valence-corrected chi connectivity index (χ2v) is 8.90. The van der Waals surface area contributed by atoms with E-state index in [2.05, 4.69) is 57.0 Å². The summed E-state index contributed by atoms with van der Waals surface area (Å²) in [5, 5.41) is 3.44. The Bertz CT molecular complexity index is 917. The van der Waals surface area contributed by atoms with E-state index in [0.717, 1.165) is 23.4 Å². The molecular weight excluding hydrogens is 345 g/mol. The van der Waals surface area contributed by atoms with Crippen LogP contribution in [0.25, 0.3) is 11.8 Å². The Morgan fingerprint density at radius 3 is 2.64 bits per heavy atom. The molecule has 0 saturated carbocycles. The topological polar surface area (TPSA) is 12.0 Å². The predicted molar refractivity (Wildman–Crippen MR) is 120 cm³/mol. The molecule has 0 spiro atoms. The Morgan fingerprint density at radius 1 is 1.25 bits per heavy atom. The number of aryl methyl sites for hydroxylation is 1. The normalized spacial score (nSPS) is 18.6. The third kappa shape index (κ3) is 4.22. The van der Waals surface area contributed by atoms with Gasteiger partial charge in [-0.05, 0) is 67.3 Å². The van der Waals surface area contributed by atoms with E-state index in [9.17, 15) is 4.39 Å². The Hall–Kier alpha value is -2.35. The molecule has 1 N–H and O–H groups in total. The van der Waals surface area contributed by atoms with Gasteiger partial charge in [-0.25, -0.2) is 4.39 Å². The van der Waals surface area contributed by atoms with Gasteiger partial charge in [-0.3, -0.25) is 0 Å². The molecule has 0 aromatic heterocycles. The molecule has 1 aliphatic carbocycles. The van der Waals surface area contributed by atoms with Crippen molar-refractivity contribution in [2.45, 2.75) is 59.5 Å². The van der Waals surface area contributed by atoms with Crippen molar-refractivity contribution >= 4 is 17.5 Å². The van der Waals surface area contributed by atoms with E-state index in [1.54, 1.807) is 13.8 Å². The van der Waals surface area contributed by atoms with Crippen LogP contribution in [0.15, 0.2) is 49.1 Å². The van der Waals surface area contributed by atoms with Gasteiger partial charge in [0.15, 0.2) is 0 Å². The number of hydrogen-bond acceptors (Lipinski definition) is 1. The maximum atomic E-state index is 14.6. The lowest BCUT2D eigenvalue weighted by Gasteiger charge is -2.31. The van der Waals surface area contributed by atoms with E-state index in [-0.39, 0.29) is 5.41 Å². The van der Waals surface area contributed by atoms with Gasteiger partial charge in [-0.2, -0.15) is 0 Å². The summed E-state index contributed by atoms with van der Waals surface area (Å²) < 4.78 is 14.6. The van der Waals surface area contributed by atoms with Crippen LogP contribution in [0, 0.1) is 12.3 Å². The first-order valence-electron chi connectivity index (χ1n) is 10.2. The number of anilines is 1. The van der Waals surface area contributed by atoms with E-state index < -0.39 is 5.67 Å². The van der Waals surface area contributed by atoms with Crippen LogP contribution in [0.2, 0.25) is 0 Å². The molecule has 1 atom stereocenters. The third-order valence-corrected chi connectivity index (χ3v) is 5.75. The lowest BCUT2D eigenvalue weighted by molar-refractivity contribution is 0.221. The van der Waals surface area contributed by atoms with E-state index in [1.165, 1.54) is 29.5 Å². The van der Waals surface area contributed by atoms with Crippen LogP contribution in [-0.2, 0) is 12.1 Å². The zero-order chi connectivity index (χ0) is 20.5. The number of hydrogen-bond donors (Lipinski definition) is 1. The van der Waals surface area contributed by atoms with Crippen molar-refractivity contribution in [3.8, 4) is 0 Å². The molecular formula is C26H32FN. The number of halogens is 1. The third-order valence-electron chi connectivity index (χ3n) is 5.75. The van der Waals surface area contributed by atoms with Crippen LogP contribution in [-0.4, -0.2) is 0 Å². The Morgan fingerprint density at radius 2 is 1.96 bits per heavy atom. The van der Waals surface area contributed by atoms with E-state index in [4.69, 9.17) is 0 Å². The maximum absolute atomic E-state index is 14.6. The summed E-state index contributed by atoms with van der Waals surface area (Å²) in [6.45, 7) is 14.1. The predicted octanol–water partition coefficient (Wildman–Crippen LogP) is 7.66. The van der Waals surface area contributed by atoms with Crippen LogP contribution in [0.4, 0.5) is 10.1 Å². The minimum atomic E-state index is -1.42. The van der Waals surface area contributed by atoms with Crippen LogP contribution in [0.1, 0.15) is 68.4 Å². The number of allylic oxidation sites excluding steroid dienone is 1. The van der Waals surface area contributed by atoms with Crippen LogP contribution < -0.4 is 5.32 Å². The standard InChI is InChI=1S/C26H32FN/c1-7-13-26(6)14-12-20-16-24(18(2)15-21(20)17-26)28-19(3)22-10-8-9-11-23(22)25(4,5)27/h8-12,14-16,28H,3,7,13,17H2,1-2,4-6H3. The van der Waals surface area contributed by atoms with Crippen molar-refractivity contribution in [1.29, 1.82) is 0 Å². The molecule has 2 aromatic rings. The first-order chi connectivity index (χ1) is 13.1. The molecule has 2 heteroatoms. The van der Waals surface area contributed by atoms with E-state index in [0.29, 0.717) is 5.56 Å². The van der Waals surface area contributed by atoms with Crippen molar-refractivity contribution in [2.75, 3.05) is 5.32 Å². The maximum Gasteiger partial charge on any atom is 0.131 e. The Kier molecular flexibility index (Phi) is 5.52. The van der Waals surface area contributed by atoms with Gasteiger partial charge in [0.05, 0.1) is 0 Å². The highest BCUT2D eigenvalue weighted by Gasteiger charge is 2.26. The second-order valence-electron chi connectivity index (χ2n) is 8.90. The number of benzene rings is 2. The highest BCUT2D eigenvalue weighted by atomic mass is 19.1. The summed E-state index contributed by atoms with van der Waals surface area (Å²) in [5.41, 5.74) is 5.89. The van der Waals surface area contributed by atoms with Gasteiger partial charge in [0, 0.05) is 16.9 Å². The average molecular weight is 378 g/mol. The Balaban J connectivity index is 1.89. The van der Waals surface area contributed by atoms with Gasteiger partial charge in [0.1, 0.15) is 5.67 Å². The first-order valence-corrected chi connectivity index (χ1v) is 10.2. The minimum absolute atomic E-state index is 0.248. The molecule has 1 unspecified atom stereocenters. The fourth-order valence-electron chi connectivity index (χ4n) is 4.25. The Labute approximate surface area is 169 Å². The van der Waals surface area contributed by atoms with Crippen LogP contribution in [0.5, 0.6) is 0 Å². The molecule has 0 amide bonds. The molecule has 148 valence electrons. The van der Waals surface area contributed by atoms with Crippen molar-refractivity contribution in [3.63, 3.8) is 0 Å². The molecule has 0 aliphatic heterocycles. The molecule has 28 heavy (non-hydrogen) atoms. The summed E-state index contributed by atoms with van der Waals surface area (Å²) >= 11 is 0. The number of fused-ring (bicyclic) bond motifs is 1. The monoisotopic (exact) mass is 377 g/mol. The summed E-state index contributed by atoms with van der Waals surface area (Å²) in [7, 11) is 0. The van der Waals surface area contributed by atoms with Gasteiger partial charge in [-0.1, -0.05) is 69.3 Å². The molecule has 1 aliphatic rings.